The molecule has 0 bridgehead atoms. The van der Waals surface area contributed by atoms with Gasteiger partial charge in [-0.25, -0.2) is 0 Å². The van der Waals surface area contributed by atoms with E-state index in [-0.39, 0.29) is 12.4 Å². The monoisotopic (exact) mass is 283 g/mol. The van der Waals surface area contributed by atoms with Gasteiger partial charge in [0.25, 0.3) is 0 Å². The summed E-state index contributed by atoms with van der Waals surface area (Å²) in [5, 5.41) is 7.68. The van der Waals surface area contributed by atoms with Crippen LogP contribution in [0.15, 0.2) is 28.7 Å². The fourth-order valence-electron chi connectivity index (χ4n) is 1.30. The maximum absolute atomic E-state index is 11.1. The Morgan fingerprint density at radius 2 is 2.00 bits per heavy atom. The molecule has 0 aliphatic rings. The molecule has 0 unspecified atom stereocenters. The summed E-state index contributed by atoms with van der Waals surface area (Å²) in [7, 11) is 0. The lowest BCUT2D eigenvalue weighted by atomic mass is 10.1. The molecule has 4 heteroatoms. The van der Waals surface area contributed by atoms with Crippen LogP contribution in [0.5, 0.6) is 0 Å². The summed E-state index contributed by atoms with van der Waals surface area (Å²) in [5.41, 5.74) is 1.40. The topological polar surface area (TPSA) is 50.2 Å². The summed E-state index contributed by atoms with van der Waals surface area (Å²) < 4.78 is 5.79. The molecule has 0 radical (unpaired) electrons. The minimum atomic E-state index is -0.329. The van der Waals surface area contributed by atoms with Gasteiger partial charge in [0.2, 0.25) is 0 Å². The number of nitrogens with one attached hydrogen (secondary N) is 1. The van der Waals surface area contributed by atoms with Crippen LogP contribution in [0.4, 0.5) is 0 Å². The van der Waals surface area contributed by atoms with Gasteiger partial charge in [-0.2, -0.15) is 0 Å². The van der Waals surface area contributed by atoms with E-state index in [2.05, 4.69) is 15.9 Å². The Morgan fingerprint density at radius 3 is 2.56 bits per heavy atom. The smallest absolute Gasteiger partial charge is 0.311 e. The number of esters is 1. The standard InChI is InChI=1S/C12H14BrNO2/c1-2-16-12(15)8-11(14)7-9-3-5-10(13)6-4-9/h3-6,14H,2,7-8H2,1H3. The van der Waals surface area contributed by atoms with Crippen molar-refractivity contribution in [3.05, 3.63) is 34.3 Å². The van der Waals surface area contributed by atoms with Gasteiger partial charge in [-0.3, -0.25) is 4.79 Å². The number of hydrogen-bond donors (Lipinski definition) is 1. The number of carbonyl (C=O) groups excluding carboxylic acids is 1. The second kappa shape index (κ2) is 6.43. The minimum Gasteiger partial charge on any atom is -0.466 e. The molecule has 1 N–H and O–H groups in total. The molecule has 0 saturated carbocycles. The van der Waals surface area contributed by atoms with E-state index in [9.17, 15) is 4.79 Å². The van der Waals surface area contributed by atoms with E-state index < -0.39 is 0 Å². The molecule has 0 saturated heterocycles. The maximum atomic E-state index is 11.1. The Hall–Kier alpha value is -1.16. The van der Waals surface area contributed by atoms with Gasteiger partial charge in [0, 0.05) is 16.6 Å². The molecule has 0 fully saturated rings. The molecular weight excluding hydrogens is 270 g/mol. The number of benzene rings is 1. The van der Waals surface area contributed by atoms with E-state index in [1.165, 1.54) is 0 Å². The summed E-state index contributed by atoms with van der Waals surface area (Å²) in [6.45, 7) is 2.13. The average Bonchev–Trinajstić information content (AvgIpc) is 2.21. The van der Waals surface area contributed by atoms with Crippen molar-refractivity contribution in [2.75, 3.05) is 6.61 Å². The lowest BCUT2D eigenvalue weighted by Crippen LogP contribution is -2.12. The Labute approximate surface area is 103 Å². The highest BCUT2D eigenvalue weighted by Crippen LogP contribution is 2.11. The van der Waals surface area contributed by atoms with Crippen LogP contribution < -0.4 is 0 Å². The van der Waals surface area contributed by atoms with Crippen LogP contribution in [0, 0.1) is 5.41 Å². The molecule has 86 valence electrons. The predicted octanol–water partition coefficient (Wildman–Crippen LogP) is 2.96. The van der Waals surface area contributed by atoms with Gasteiger partial charge in [0.05, 0.1) is 13.0 Å². The molecular formula is C12H14BrNO2. The zero-order valence-corrected chi connectivity index (χ0v) is 10.7. The molecule has 0 amide bonds. The van der Waals surface area contributed by atoms with Gasteiger partial charge >= 0.3 is 5.97 Å². The molecule has 1 aromatic carbocycles. The van der Waals surface area contributed by atoms with Gasteiger partial charge in [0.15, 0.2) is 0 Å². The van der Waals surface area contributed by atoms with E-state index in [0.29, 0.717) is 18.7 Å². The number of carbonyl (C=O) groups is 1. The highest BCUT2D eigenvalue weighted by Gasteiger charge is 2.07. The van der Waals surface area contributed by atoms with Gasteiger partial charge < -0.3 is 10.1 Å². The van der Waals surface area contributed by atoms with Gasteiger partial charge in [-0.1, -0.05) is 28.1 Å². The third kappa shape index (κ3) is 4.57. The second-order valence-electron chi connectivity index (χ2n) is 3.39. The van der Waals surface area contributed by atoms with E-state index >= 15 is 0 Å². The van der Waals surface area contributed by atoms with Gasteiger partial charge in [0.1, 0.15) is 0 Å². The fraction of sp³-hybridized carbons (Fsp3) is 0.333. The normalized spacial score (nSPS) is 9.88. The summed E-state index contributed by atoms with van der Waals surface area (Å²) in [6.07, 6.45) is 0.565. The molecule has 0 spiro atoms. The summed E-state index contributed by atoms with van der Waals surface area (Å²) in [5.74, 6) is -0.329. The van der Waals surface area contributed by atoms with Crippen molar-refractivity contribution in [2.45, 2.75) is 19.8 Å². The molecule has 0 aliphatic heterocycles. The highest BCUT2D eigenvalue weighted by atomic mass is 79.9. The Kier molecular flexibility index (Phi) is 5.19. The fourth-order valence-corrected chi connectivity index (χ4v) is 1.56. The predicted molar refractivity (Wildman–Crippen MR) is 66.8 cm³/mol. The van der Waals surface area contributed by atoms with E-state index in [1.807, 2.05) is 24.3 Å². The van der Waals surface area contributed by atoms with Crippen molar-refractivity contribution in [1.82, 2.24) is 0 Å². The maximum Gasteiger partial charge on any atom is 0.311 e. The Morgan fingerprint density at radius 1 is 1.38 bits per heavy atom. The molecule has 0 heterocycles. The Bertz CT molecular complexity index is 373. The van der Waals surface area contributed by atoms with Crippen LogP contribution in [0.1, 0.15) is 18.9 Å². The van der Waals surface area contributed by atoms with Crippen LogP contribution in [-0.2, 0) is 16.0 Å². The summed E-state index contributed by atoms with van der Waals surface area (Å²) >= 11 is 3.34. The molecule has 0 aromatic heterocycles. The lowest BCUT2D eigenvalue weighted by molar-refractivity contribution is -0.141. The van der Waals surface area contributed by atoms with E-state index in [0.717, 1.165) is 10.0 Å². The van der Waals surface area contributed by atoms with Crippen molar-refractivity contribution in [3.8, 4) is 0 Å². The van der Waals surface area contributed by atoms with Crippen molar-refractivity contribution < 1.29 is 9.53 Å². The number of rotatable bonds is 5. The molecule has 0 atom stereocenters. The second-order valence-corrected chi connectivity index (χ2v) is 4.30. The number of halogens is 1. The molecule has 0 aliphatic carbocycles. The zero-order valence-electron chi connectivity index (χ0n) is 9.13. The van der Waals surface area contributed by atoms with Crippen LogP contribution in [0.3, 0.4) is 0 Å². The van der Waals surface area contributed by atoms with Crippen LogP contribution in [-0.4, -0.2) is 18.3 Å². The quantitative estimate of drug-likeness (QED) is 0.667. The van der Waals surface area contributed by atoms with Crippen LogP contribution >= 0.6 is 15.9 Å². The molecule has 1 aromatic rings. The van der Waals surface area contributed by atoms with Crippen molar-refractivity contribution in [1.29, 1.82) is 5.41 Å². The third-order valence-electron chi connectivity index (χ3n) is 1.99. The summed E-state index contributed by atoms with van der Waals surface area (Å²) in [6, 6.07) is 7.72. The average molecular weight is 284 g/mol. The van der Waals surface area contributed by atoms with Gasteiger partial charge in [-0.15, -0.1) is 0 Å². The van der Waals surface area contributed by atoms with E-state index in [4.69, 9.17) is 10.1 Å². The number of hydrogen-bond acceptors (Lipinski definition) is 3. The first kappa shape index (κ1) is 12.9. The first-order chi connectivity index (χ1) is 7.61. The molecule has 1 rings (SSSR count). The SMILES string of the molecule is CCOC(=O)CC(=N)Cc1ccc(Br)cc1. The van der Waals surface area contributed by atoms with E-state index in [1.54, 1.807) is 6.92 Å². The van der Waals surface area contributed by atoms with Crippen LogP contribution in [0.25, 0.3) is 0 Å². The first-order valence-corrected chi connectivity index (χ1v) is 5.87. The van der Waals surface area contributed by atoms with Crippen LogP contribution in [0.2, 0.25) is 0 Å². The van der Waals surface area contributed by atoms with Gasteiger partial charge in [-0.05, 0) is 24.6 Å². The highest BCUT2D eigenvalue weighted by molar-refractivity contribution is 9.10. The lowest BCUT2D eigenvalue weighted by Gasteiger charge is -2.04. The number of ether oxygens (including phenoxy) is 1. The minimum absolute atomic E-state index is 0.0733. The summed E-state index contributed by atoms with van der Waals surface area (Å²) in [4.78, 5) is 11.1. The molecule has 3 nitrogen and oxygen atoms in total. The van der Waals surface area contributed by atoms with Crippen molar-refractivity contribution in [3.63, 3.8) is 0 Å². The third-order valence-corrected chi connectivity index (χ3v) is 2.52. The van der Waals surface area contributed by atoms with Crippen molar-refractivity contribution in [2.24, 2.45) is 0 Å². The van der Waals surface area contributed by atoms with Crippen molar-refractivity contribution >= 4 is 27.6 Å². The first-order valence-electron chi connectivity index (χ1n) is 5.08. The zero-order chi connectivity index (χ0) is 12.0. The Balaban J connectivity index is 2.45. The molecule has 16 heavy (non-hydrogen) atoms. The largest absolute Gasteiger partial charge is 0.466 e.